The van der Waals surface area contributed by atoms with Gasteiger partial charge in [0.05, 0.1) is 5.69 Å². The van der Waals surface area contributed by atoms with Crippen LogP contribution in [0.1, 0.15) is 12.5 Å². The molecule has 1 atom stereocenters. The van der Waals surface area contributed by atoms with Crippen molar-refractivity contribution in [1.82, 2.24) is 9.78 Å². The highest BCUT2D eigenvalue weighted by atomic mass is 79.9. The maximum atomic E-state index is 12.1. The van der Waals surface area contributed by atoms with Gasteiger partial charge >= 0.3 is 0 Å². The van der Waals surface area contributed by atoms with Crippen molar-refractivity contribution in [3.63, 3.8) is 0 Å². The fourth-order valence-electron chi connectivity index (χ4n) is 1.74. The van der Waals surface area contributed by atoms with Gasteiger partial charge in [-0.05, 0) is 47.5 Å². The maximum Gasteiger partial charge on any atom is 0.246 e. The molecule has 0 aliphatic carbocycles. The zero-order valence-corrected chi connectivity index (χ0v) is 13.2. The van der Waals surface area contributed by atoms with Crippen LogP contribution in [0.25, 0.3) is 0 Å². The molecule has 6 heteroatoms. The quantitative estimate of drug-likeness (QED) is 0.902. The molecule has 1 unspecified atom stereocenters. The summed E-state index contributed by atoms with van der Waals surface area (Å²) in [5, 5.41) is 10.1. The van der Waals surface area contributed by atoms with Gasteiger partial charge < -0.3 is 10.6 Å². The number of amides is 1. The molecule has 0 saturated carbocycles. The predicted octanol–water partition coefficient (Wildman–Crippen LogP) is 2.93. The number of aromatic nitrogens is 2. The normalized spacial score (nSPS) is 12.0. The van der Waals surface area contributed by atoms with Crippen molar-refractivity contribution in [2.45, 2.75) is 19.9 Å². The van der Waals surface area contributed by atoms with Crippen LogP contribution in [0.5, 0.6) is 0 Å². The lowest BCUT2D eigenvalue weighted by atomic mass is 10.2. The summed E-state index contributed by atoms with van der Waals surface area (Å²) in [6, 6.07) is 7.25. The number of anilines is 2. The van der Waals surface area contributed by atoms with E-state index in [0.29, 0.717) is 5.82 Å². The monoisotopic (exact) mass is 336 g/mol. The molecule has 2 rings (SSSR count). The molecule has 0 radical (unpaired) electrons. The molecule has 1 aromatic heterocycles. The summed E-state index contributed by atoms with van der Waals surface area (Å²) in [6.45, 7) is 3.80. The summed E-state index contributed by atoms with van der Waals surface area (Å²) >= 11 is 3.44. The van der Waals surface area contributed by atoms with Gasteiger partial charge in [0.25, 0.3) is 0 Å². The van der Waals surface area contributed by atoms with Crippen molar-refractivity contribution in [3.8, 4) is 0 Å². The molecule has 106 valence electrons. The van der Waals surface area contributed by atoms with Crippen molar-refractivity contribution in [2.75, 3.05) is 10.6 Å². The molecule has 1 amide bonds. The van der Waals surface area contributed by atoms with Gasteiger partial charge in [0.1, 0.15) is 11.9 Å². The number of benzene rings is 1. The molecule has 0 aliphatic rings. The van der Waals surface area contributed by atoms with Crippen molar-refractivity contribution in [2.24, 2.45) is 7.05 Å². The van der Waals surface area contributed by atoms with Crippen LogP contribution in [-0.2, 0) is 11.8 Å². The highest BCUT2D eigenvalue weighted by molar-refractivity contribution is 9.10. The molecule has 1 heterocycles. The Kier molecular flexibility index (Phi) is 4.44. The van der Waals surface area contributed by atoms with E-state index in [0.717, 1.165) is 15.7 Å². The van der Waals surface area contributed by atoms with Crippen LogP contribution in [0.2, 0.25) is 0 Å². The topological polar surface area (TPSA) is 59.0 Å². The number of carbonyl (C=O) groups excluding carboxylic acids is 1. The maximum absolute atomic E-state index is 12.1. The smallest absolute Gasteiger partial charge is 0.246 e. The number of aryl methyl sites for hydroxylation is 2. The third-order valence-electron chi connectivity index (χ3n) is 2.85. The summed E-state index contributed by atoms with van der Waals surface area (Å²) in [7, 11) is 1.83. The zero-order chi connectivity index (χ0) is 14.7. The number of hydrogen-bond acceptors (Lipinski definition) is 3. The number of carbonyl (C=O) groups is 1. The predicted molar refractivity (Wildman–Crippen MR) is 83.8 cm³/mol. The summed E-state index contributed by atoms with van der Waals surface area (Å²) in [5.74, 6) is 0.568. The van der Waals surface area contributed by atoms with Crippen molar-refractivity contribution >= 4 is 33.3 Å². The fourth-order valence-corrected chi connectivity index (χ4v) is 2.33. The molecule has 20 heavy (non-hydrogen) atoms. The van der Waals surface area contributed by atoms with Gasteiger partial charge in [0.15, 0.2) is 0 Å². The van der Waals surface area contributed by atoms with Gasteiger partial charge in [-0.3, -0.25) is 9.48 Å². The van der Waals surface area contributed by atoms with E-state index in [-0.39, 0.29) is 11.9 Å². The van der Waals surface area contributed by atoms with Crippen LogP contribution >= 0.6 is 15.9 Å². The Morgan fingerprint density at radius 1 is 1.40 bits per heavy atom. The Balaban J connectivity index is 2.00. The second-order valence-corrected chi connectivity index (χ2v) is 5.57. The molecule has 1 aromatic carbocycles. The fraction of sp³-hybridized carbons (Fsp3) is 0.286. The summed E-state index contributed by atoms with van der Waals surface area (Å²) in [4.78, 5) is 12.1. The second-order valence-electron chi connectivity index (χ2n) is 4.71. The minimum absolute atomic E-state index is 0.111. The molecule has 0 fully saturated rings. The van der Waals surface area contributed by atoms with Gasteiger partial charge in [0, 0.05) is 23.8 Å². The van der Waals surface area contributed by atoms with E-state index in [9.17, 15) is 4.79 Å². The van der Waals surface area contributed by atoms with Crippen LogP contribution in [0.15, 0.2) is 34.9 Å². The molecule has 0 spiro atoms. The Bertz CT molecular complexity index is 623. The molecular weight excluding hydrogens is 320 g/mol. The summed E-state index contributed by atoms with van der Waals surface area (Å²) in [6.07, 6.45) is 1.82. The Hall–Kier alpha value is -1.82. The van der Waals surface area contributed by atoms with E-state index < -0.39 is 0 Å². The van der Waals surface area contributed by atoms with Crippen molar-refractivity contribution < 1.29 is 4.79 Å². The molecular formula is C14H17BrN4O. The van der Waals surface area contributed by atoms with Gasteiger partial charge in [-0.2, -0.15) is 5.10 Å². The van der Waals surface area contributed by atoms with E-state index in [1.807, 2.05) is 44.4 Å². The largest absolute Gasteiger partial charge is 0.357 e. The van der Waals surface area contributed by atoms with Gasteiger partial charge in [-0.15, -0.1) is 0 Å². The van der Waals surface area contributed by atoms with Gasteiger partial charge in [-0.25, -0.2) is 0 Å². The Labute approximate surface area is 126 Å². The lowest BCUT2D eigenvalue weighted by Crippen LogP contribution is -2.32. The van der Waals surface area contributed by atoms with Crippen molar-refractivity contribution in [1.29, 1.82) is 0 Å². The number of nitrogens with zero attached hydrogens (tertiary/aromatic N) is 2. The first-order valence-corrected chi connectivity index (χ1v) is 7.08. The minimum Gasteiger partial charge on any atom is -0.357 e. The second kappa shape index (κ2) is 6.09. The van der Waals surface area contributed by atoms with Crippen LogP contribution < -0.4 is 10.6 Å². The number of rotatable bonds is 4. The third kappa shape index (κ3) is 3.60. The molecule has 0 bridgehead atoms. The zero-order valence-electron chi connectivity index (χ0n) is 11.6. The summed E-state index contributed by atoms with van der Waals surface area (Å²) < 4.78 is 2.56. The first kappa shape index (κ1) is 14.6. The molecule has 2 N–H and O–H groups in total. The SMILES string of the molecule is Cc1ccc(NC(=O)C(C)Nc2ccn(C)n2)c(Br)c1. The van der Waals surface area contributed by atoms with Gasteiger partial charge in [0.2, 0.25) is 5.91 Å². The number of halogens is 1. The van der Waals surface area contributed by atoms with E-state index in [1.165, 1.54) is 0 Å². The summed E-state index contributed by atoms with van der Waals surface area (Å²) in [5.41, 5.74) is 1.89. The molecule has 0 aliphatic heterocycles. The van der Waals surface area contributed by atoms with Crippen LogP contribution in [-0.4, -0.2) is 21.7 Å². The van der Waals surface area contributed by atoms with E-state index >= 15 is 0 Å². The molecule has 5 nitrogen and oxygen atoms in total. The standard InChI is InChI=1S/C14H17BrN4O/c1-9-4-5-12(11(15)8-9)17-14(20)10(2)16-13-6-7-19(3)18-13/h4-8,10H,1-3H3,(H,16,18)(H,17,20). The van der Waals surface area contributed by atoms with Crippen molar-refractivity contribution in [3.05, 3.63) is 40.5 Å². The first-order valence-electron chi connectivity index (χ1n) is 6.29. The first-order chi connectivity index (χ1) is 9.45. The average molecular weight is 337 g/mol. The average Bonchev–Trinajstić information content (AvgIpc) is 2.78. The van der Waals surface area contributed by atoms with E-state index in [4.69, 9.17) is 0 Å². The molecule has 0 saturated heterocycles. The number of hydrogen-bond donors (Lipinski definition) is 2. The van der Waals surface area contributed by atoms with E-state index in [2.05, 4.69) is 31.7 Å². The third-order valence-corrected chi connectivity index (χ3v) is 3.51. The van der Waals surface area contributed by atoms with E-state index in [1.54, 1.807) is 11.6 Å². The Morgan fingerprint density at radius 2 is 2.15 bits per heavy atom. The lowest BCUT2D eigenvalue weighted by molar-refractivity contribution is -0.116. The highest BCUT2D eigenvalue weighted by Crippen LogP contribution is 2.23. The van der Waals surface area contributed by atoms with Crippen LogP contribution in [0, 0.1) is 6.92 Å². The number of nitrogens with one attached hydrogen (secondary N) is 2. The molecule has 2 aromatic rings. The highest BCUT2D eigenvalue weighted by Gasteiger charge is 2.14. The van der Waals surface area contributed by atoms with Crippen LogP contribution in [0.4, 0.5) is 11.5 Å². The van der Waals surface area contributed by atoms with Gasteiger partial charge in [-0.1, -0.05) is 6.07 Å². The lowest BCUT2D eigenvalue weighted by Gasteiger charge is -2.14. The Morgan fingerprint density at radius 3 is 2.75 bits per heavy atom. The van der Waals surface area contributed by atoms with Crippen LogP contribution in [0.3, 0.4) is 0 Å². The minimum atomic E-state index is -0.377.